The zero-order valence-corrected chi connectivity index (χ0v) is 9.05. The standard InChI is InChI=1S/C10H8BrFO2/c1-6(13)10(14)9(11)7-4-2-3-5-8(7)12/h2-5,9H,1H3. The molecule has 0 bridgehead atoms. The average molecular weight is 259 g/mol. The predicted molar refractivity (Wildman–Crippen MR) is 53.8 cm³/mol. The van der Waals surface area contributed by atoms with E-state index in [4.69, 9.17) is 0 Å². The summed E-state index contributed by atoms with van der Waals surface area (Å²) in [7, 11) is 0. The Balaban J connectivity index is 3.01. The maximum atomic E-state index is 13.2. The first kappa shape index (κ1) is 11.0. The van der Waals surface area contributed by atoms with Crippen molar-refractivity contribution in [2.24, 2.45) is 0 Å². The van der Waals surface area contributed by atoms with Crippen LogP contribution in [0, 0.1) is 5.82 Å². The van der Waals surface area contributed by atoms with Gasteiger partial charge in [0.2, 0.25) is 5.78 Å². The van der Waals surface area contributed by atoms with E-state index in [-0.39, 0.29) is 5.56 Å². The van der Waals surface area contributed by atoms with Crippen LogP contribution in [0.4, 0.5) is 4.39 Å². The first-order chi connectivity index (χ1) is 6.54. The molecule has 0 aliphatic heterocycles. The summed E-state index contributed by atoms with van der Waals surface area (Å²) in [5.74, 6) is -1.73. The molecule has 0 saturated heterocycles. The van der Waals surface area contributed by atoms with Crippen molar-refractivity contribution in [1.82, 2.24) is 0 Å². The van der Waals surface area contributed by atoms with E-state index in [2.05, 4.69) is 15.9 Å². The smallest absolute Gasteiger partial charge is 0.216 e. The minimum absolute atomic E-state index is 0.188. The lowest BCUT2D eigenvalue weighted by atomic mass is 10.1. The van der Waals surface area contributed by atoms with E-state index < -0.39 is 22.2 Å². The molecular formula is C10H8BrFO2. The predicted octanol–water partition coefficient (Wildman–Crippen LogP) is 2.42. The van der Waals surface area contributed by atoms with Crippen LogP contribution < -0.4 is 0 Å². The fourth-order valence-corrected chi connectivity index (χ4v) is 1.69. The topological polar surface area (TPSA) is 34.1 Å². The highest BCUT2D eigenvalue weighted by Crippen LogP contribution is 2.26. The average Bonchev–Trinajstić information content (AvgIpc) is 2.16. The van der Waals surface area contributed by atoms with Crippen molar-refractivity contribution >= 4 is 27.5 Å². The van der Waals surface area contributed by atoms with Gasteiger partial charge in [0, 0.05) is 12.5 Å². The van der Waals surface area contributed by atoms with Gasteiger partial charge in [0.05, 0.1) is 0 Å². The SMILES string of the molecule is CC(=O)C(=O)C(Br)c1ccccc1F. The Labute approximate surface area is 89.2 Å². The van der Waals surface area contributed by atoms with Crippen molar-refractivity contribution in [3.63, 3.8) is 0 Å². The summed E-state index contributed by atoms with van der Waals surface area (Å²) in [5.41, 5.74) is 0.188. The molecule has 1 unspecified atom stereocenters. The van der Waals surface area contributed by atoms with Crippen LogP contribution in [0.2, 0.25) is 0 Å². The summed E-state index contributed by atoms with van der Waals surface area (Å²) in [6.45, 7) is 1.16. The van der Waals surface area contributed by atoms with Crippen LogP contribution in [-0.2, 0) is 9.59 Å². The molecule has 4 heteroatoms. The summed E-state index contributed by atoms with van der Waals surface area (Å²) < 4.78 is 13.2. The van der Waals surface area contributed by atoms with Crippen molar-refractivity contribution in [2.45, 2.75) is 11.8 Å². The molecule has 0 amide bonds. The van der Waals surface area contributed by atoms with Crippen molar-refractivity contribution < 1.29 is 14.0 Å². The second kappa shape index (κ2) is 4.46. The minimum Gasteiger partial charge on any atom is -0.291 e. The number of hydrogen-bond donors (Lipinski definition) is 0. The summed E-state index contributed by atoms with van der Waals surface area (Å²) in [6.07, 6.45) is 0. The highest BCUT2D eigenvalue weighted by molar-refractivity contribution is 9.09. The Bertz CT molecular complexity index is 376. The number of rotatable bonds is 3. The monoisotopic (exact) mass is 258 g/mol. The van der Waals surface area contributed by atoms with Gasteiger partial charge in [-0.15, -0.1) is 0 Å². The summed E-state index contributed by atoms with van der Waals surface area (Å²) >= 11 is 2.99. The number of alkyl halides is 1. The molecule has 1 atom stereocenters. The molecular weight excluding hydrogens is 251 g/mol. The van der Waals surface area contributed by atoms with E-state index in [0.717, 1.165) is 6.92 Å². The normalized spacial score (nSPS) is 12.2. The van der Waals surface area contributed by atoms with Crippen LogP contribution in [0.3, 0.4) is 0 Å². The number of hydrogen-bond acceptors (Lipinski definition) is 2. The van der Waals surface area contributed by atoms with Crippen LogP contribution in [0.25, 0.3) is 0 Å². The first-order valence-electron chi connectivity index (χ1n) is 3.97. The van der Waals surface area contributed by atoms with E-state index in [9.17, 15) is 14.0 Å². The molecule has 0 N–H and O–H groups in total. The van der Waals surface area contributed by atoms with Crippen LogP contribution >= 0.6 is 15.9 Å². The summed E-state index contributed by atoms with van der Waals surface area (Å²) in [6, 6.07) is 5.85. The molecule has 0 heterocycles. The Morgan fingerprint density at radius 3 is 2.43 bits per heavy atom. The Morgan fingerprint density at radius 2 is 1.93 bits per heavy atom. The number of ketones is 2. The molecule has 74 valence electrons. The fraction of sp³-hybridized carbons (Fsp3) is 0.200. The largest absolute Gasteiger partial charge is 0.291 e. The van der Waals surface area contributed by atoms with Gasteiger partial charge in [0.1, 0.15) is 10.6 Å². The van der Waals surface area contributed by atoms with E-state index in [0.29, 0.717) is 0 Å². The maximum absolute atomic E-state index is 13.2. The van der Waals surface area contributed by atoms with Crippen LogP contribution in [0.15, 0.2) is 24.3 Å². The second-order valence-corrected chi connectivity index (χ2v) is 3.72. The molecule has 0 radical (unpaired) electrons. The molecule has 1 aromatic carbocycles. The number of benzene rings is 1. The van der Waals surface area contributed by atoms with Gasteiger partial charge in [-0.3, -0.25) is 9.59 Å². The summed E-state index contributed by atoms with van der Waals surface area (Å²) in [4.78, 5) is 21.1. The highest BCUT2D eigenvalue weighted by Gasteiger charge is 2.23. The van der Waals surface area contributed by atoms with Gasteiger partial charge in [-0.25, -0.2) is 4.39 Å². The molecule has 0 aliphatic carbocycles. The number of carbonyl (C=O) groups is 2. The minimum atomic E-state index is -0.888. The van der Waals surface area contributed by atoms with Gasteiger partial charge in [-0.2, -0.15) is 0 Å². The van der Waals surface area contributed by atoms with Crippen LogP contribution in [0.1, 0.15) is 17.3 Å². The van der Waals surface area contributed by atoms with Crippen LogP contribution in [0.5, 0.6) is 0 Å². The van der Waals surface area contributed by atoms with E-state index >= 15 is 0 Å². The van der Waals surface area contributed by atoms with Gasteiger partial charge in [0.25, 0.3) is 0 Å². The Hall–Kier alpha value is -1.03. The van der Waals surface area contributed by atoms with Gasteiger partial charge in [-0.05, 0) is 6.07 Å². The number of Topliss-reactive ketones (excluding diaryl/α,β-unsaturated/α-hetero) is 2. The molecule has 0 fully saturated rings. The van der Waals surface area contributed by atoms with Crippen molar-refractivity contribution in [3.8, 4) is 0 Å². The van der Waals surface area contributed by atoms with Gasteiger partial charge < -0.3 is 0 Å². The Morgan fingerprint density at radius 1 is 1.36 bits per heavy atom. The van der Waals surface area contributed by atoms with Crippen LogP contribution in [-0.4, -0.2) is 11.6 Å². The first-order valence-corrected chi connectivity index (χ1v) is 4.89. The maximum Gasteiger partial charge on any atom is 0.216 e. The van der Waals surface area contributed by atoms with E-state index in [1.807, 2.05) is 0 Å². The lowest BCUT2D eigenvalue weighted by Crippen LogP contribution is -2.16. The lowest BCUT2D eigenvalue weighted by molar-refractivity contribution is -0.135. The van der Waals surface area contributed by atoms with Crippen molar-refractivity contribution in [1.29, 1.82) is 0 Å². The zero-order chi connectivity index (χ0) is 10.7. The van der Waals surface area contributed by atoms with Gasteiger partial charge in [-0.1, -0.05) is 34.1 Å². The molecule has 14 heavy (non-hydrogen) atoms. The number of halogens is 2. The zero-order valence-electron chi connectivity index (χ0n) is 7.46. The van der Waals surface area contributed by atoms with Crippen molar-refractivity contribution in [3.05, 3.63) is 35.6 Å². The molecule has 0 saturated carbocycles. The van der Waals surface area contributed by atoms with Gasteiger partial charge in [0.15, 0.2) is 5.78 Å². The number of carbonyl (C=O) groups excluding carboxylic acids is 2. The van der Waals surface area contributed by atoms with Gasteiger partial charge >= 0.3 is 0 Å². The van der Waals surface area contributed by atoms with E-state index in [1.54, 1.807) is 6.07 Å². The van der Waals surface area contributed by atoms with E-state index in [1.165, 1.54) is 18.2 Å². The third-order valence-electron chi connectivity index (χ3n) is 1.76. The highest BCUT2D eigenvalue weighted by atomic mass is 79.9. The van der Waals surface area contributed by atoms with Crippen molar-refractivity contribution in [2.75, 3.05) is 0 Å². The molecule has 0 aliphatic rings. The quantitative estimate of drug-likeness (QED) is 0.617. The molecule has 2 nitrogen and oxygen atoms in total. The third-order valence-corrected chi connectivity index (χ3v) is 2.66. The molecule has 1 rings (SSSR count). The Kier molecular flexibility index (Phi) is 3.52. The summed E-state index contributed by atoms with van der Waals surface area (Å²) in [5, 5.41) is 0. The molecule has 0 spiro atoms. The third kappa shape index (κ3) is 2.26. The molecule has 1 aromatic rings. The fourth-order valence-electron chi connectivity index (χ4n) is 1.00. The lowest BCUT2D eigenvalue weighted by Gasteiger charge is -2.07. The molecule has 0 aromatic heterocycles. The second-order valence-electron chi connectivity index (χ2n) is 2.80.